The quantitative estimate of drug-likeness (QED) is 0.689. The SMILES string of the molecule is COc1ccc(CCN2C(=O)[C@@H]3[C@H]4C[C@H]([C@@H]5C(C(=O)O)=NO[C@@H]45)[C@@H]3C2=O)cc1OC. The highest BCUT2D eigenvalue weighted by molar-refractivity contribution is 6.37. The molecular weight excluding hydrogens is 392 g/mol. The van der Waals surface area contributed by atoms with E-state index in [9.17, 15) is 19.5 Å². The molecule has 4 aliphatic rings. The monoisotopic (exact) mass is 414 g/mol. The Kier molecular flexibility index (Phi) is 4.23. The van der Waals surface area contributed by atoms with E-state index in [1.807, 2.05) is 12.1 Å². The fraction of sp³-hybridized carbons (Fsp3) is 0.524. The van der Waals surface area contributed by atoms with Crippen LogP contribution in [0.3, 0.4) is 0 Å². The molecule has 3 fully saturated rings. The Balaban J connectivity index is 1.33. The van der Waals surface area contributed by atoms with Crippen molar-refractivity contribution in [2.45, 2.75) is 18.9 Å². The van der Waals surface area contributed by atoms with Gasteiger partial charge in [-0.2, -0.15) is 0 Å². The molecule has 1 saturated heterocycles. The highest BCUT2D eigenvalue weighted by atomic mass is 16.6. The molecule has 2 aliphatic heterocycles. The summed E-state index contributed by atoms with van der Waals surface area (Å²) >= 11 is 0. The van der Waals surface area contributed by atoms with E-state index in [2.05, 4.69) is 5.16 Å². The molecule has 9 nitrogen and oxygen atoms in total. The average molecular weight is 414 g/mol. The molecule has 0 aromatic heterocycles. The number of methoxy groups -OCH3 is 2. The summed E-state index contributed by atoms with van der Waals surface area (Å²) < 4.78 is 10.6. The van der Waals surface area contributed by atoms with E-state index >= 15 is 0 Å². The lowest BCUT2D eigenvalue weighted by Crippen LogP contribution is -2.42. The van der Waals surface area contributed by atoms with Gasteiger partial charge in [-0.05, 0) is 36.5 Å². The van der Waals surface area contributed by atoms with Crippen molar-refractivity contribution in [2.24, 2.45) is 34.7 Å². The second-order valence-electron chi connectivity index (χ2n) is 8.26. The van der Waals surface area contributed by atoms with Crippen molar-refractivity contribution >= 4 is 23.5 Å². The first-order valence-electron chi connectivity index (χ1n) is 9.99. The van der Waals surface area contributed by atoms with Gasteiger partial charge in [0, 0.05) is 12.5 Å². The van der Waals surface area contributed by atoms with E-state index in [4.69, 9.17) is 14.3 Å². The molecule has 30 heavy (non-hydrogen) atoms. The molecule has 6 atom stereocenters. The molecule has 1 aromatic carbocycles. The third-order valence-corrected chi connectivity index (χ3v) is 7.07. The highest BCUT2D eigenvalue weighted by Gasteiger charge is 2.70. The fourth-order valence-corrected chi connectivity index (χ4v) is 5.86. The van der Waals surface area contributed by atoms with Gasteiger partial charge in [-0.25, -0.2) is 4.79 Å². The Hall–Kier alpha value is -3.10. The van der Waals surface area contributed by atoms with Crippen molar-refractivity contribution in [3.05, 3.63) is 23.8 Å². The molecule has 9 heteroatoms. The topological polar surface area (TPSA) is 115 Å². The van der Waals surface area contributed by atoms with Gasteiger partial charge in [-0.3, -0.25) is 14.5 Å². The number of ether oxygens (including phenoxy) is 2. The number of imide groups is 1. The summed E-state index contributed by atoms with van der Waals surface area (Å²) in [6.07, 6.45) is 0.723. The fourth-order valence-electron chi connectivity index (χ4n) is 5.86. The van der Waals surface area contributed by atoms with Gasteiger partial charge in [0.2, 0.25) is 11.8 Å². The molecule has 5 rings (SSSR count). The lowest BCUT2D eigenvalue weighted by molar-refractivity contribution is -0.141. The van der Waals surface area contributed by atoms with Crippen LogP contribution in [0.4, 0.5) is 0 Å². The number of carboxylic acids is 1. The number of carboxylic acid groups (broad SMARTS) is 1. The van der Waals surface area contributed by atoms with Crippen LogP contribution in [0.1, 0.15) is 12.0 Å². The molecule has 0 unspecified atom stereocenters. The number of aliphatic carboxylic acids is 1. The predicted molar refractivity (Wildman–Crippen MR) is 102 cm³/mol. The number of likely N-dealkylation sites (tertiary alicyclic amines) is 1. The smallest absolute Gasteiger partial charge is 0.354 e. The number of fused-ring (bicyclic) bond motifs is 8. The van der Waals surface area contributed by atoms with Crippen LogP contribution < -0.4 is 9.47 Å². The van der Waals surface area contributed by atoms with Gasteiger partial charge in [-0.1, -0.05) is 11.2 Å². The summed E-state index contributed by atoms with van der Waals surface area (Å²) in [7, 11) is 3.12. The van der Waals surface area contributed by atoms with Crippen molar-refractivity contribution in [3.8, 4) is 11.5 Å². The van der Waals surface area contributed by atoms with Crippen LogP contribution in [0.5, 0.6) is 11.5 Å². The average Bonchev–Trinajstić information content (AvgIpc) is 3.47. The zero-order valence-corrected chi connectivity index (χ0v) is 16.6. The molecular formula is C21H22N2O7. The first-order chi connectivity index (χ1) is 14.5. The van der Waals surface area contributed by atoms with E-state index in [1.165, 1.54) is 4.90 Å². The first kappa shape index (κ1) is 18.9. The van der Waals surface area contributed by atoms with Crippen molar-refractivity contribution in [3.63, 3.8) is 0 Å². The minimum atomic E-state index is -1.12. The molecule has 2 bridgehead atoms. The second kappa shape index (κ2) is 6.72. The van der Waals surface area contributed by atoms with Crippen LogP contribution in [0.15, 0.2) is 23.4 Å². The summed E-state index contributed by atoms with van der Waals surface area (Å²) in [5.41, 5.74) is 0.906. The molecule has 1 N–H and O–H groups in total. The number of carbonyl (C=O) groups is 3. The molecule has 2 heterocycles. The Morgan fingerprint density at radius 1 is 1.13 bits per heavy atom. The normalized spacial score (nSPS) is 33.3. The number of carbonyl (C=O) groups excluding carboxylic acids is 2. The maximum Gasteiger partial charge on any atom is 0.354 e. The van der Waals surface area contributed by atoms with Gasteiger partial charge >= 0.3 is 5.97 Å². The summed E-state index contributed by atoms with van der Waals surface area (Å²) in [4.78, 5) is 44.4. The van der Waals surface area contributed by atoms with Crippen LogP contribution in [0.2, 0.25) is 0 Å². The zero-order valence-electron chi connectivity index (χ0n) is 16.6. The van der Waals surface area contributed by atoms with E-state index in [0.717, 1.165) is 5.56 Å². The van der Waals surface area contributed by atoms with E-state index in [0.29, 0.717) is 24.3 Å². The molecule has 158 valence electrons. The molecule has 1 aromatic rings. The maximum absolute atomic E-state index is 13.1. The van der Waals surface area contributed by atoms with E-state index < -0.39 is 29.8 Å². The third-order valence-electron chi connectivity index (χ3n) is 7.07. The minimum absolute atomic E-state index is 0.0185. The van der Waals surface area contributed by atoms with Crippen LogP contribution in [0.25, 0.3) is 0 Å². The Labute approximate surface area is 172 Å². The molecule has 0 spiro atoms. The lowest BCUT2D eigenvalue weighted by atomic mass is 9.72. The third kappa shape index (κ3) is 2.47. The number of rotatable bonds is 6. The summed E-state index contributed by atoms with van der Waals surface area (Å²) in [5, 5.41) is 13.1. The summed E-state index contributed by atoms with van der Waals surface area (Å²) in [6.45, 7) is 0.273. The Bertz CT molecular complexity index is 974. The van der Waals surface area contributed by atoms with Crippen molar-refractivity contribution < 1.29 is 33.8 Å². The number of amides is 2. The van der Waals surface area contributed by atoms with Crippen LogP contribution in [-0.2, 0) is 25.6 Å². The van der Waals surface area contributed by atoms with Gasteiger partial charge in [-0.15, -0.1) is 0 Å². The number of oxime groups is 1. The number of benzene rings is 1. The van der Waals surface area contributed by atoms with E-state index in [-0.39, 0.29) is 35.9 Å². The molecule has 2 aliphatic carbocycles. The van der Waals surface area contributed by atoms with Crippen LogP contribution >= 0.6 is 0 Å². The number of hydrogen-bond acceptors (Lipinski definition) is 7. The lowest BCUT2D eigenvalue weighted by Gasteiger charge is -2.29. The molecule has 0 radical (unpaired) electrons. The maximum atomic E-state index is 13.1. The van der Waals surface area contributed by atoms with Crippen molar-refractivity contribution in [1.29, 1.82) is 0 Å². The van der Waals surface area contributed by atoms with Gasteiger partial charge in [0.05, 0.1) is 32.0 Å². The van der Waals surface area contributed by atoms with Gasteiger partial charge in [0.1, 0.15) is 6.10 Å². The zero-order chi connectivity index (χ0) is 21.2. The largest absolute Gasteiger partial charge is 0.493 e. The van der Waals surface area contributed by atoms with Crippen LogP contribution in [-0.4, -0.2) is 60.4 Å². The first-order valence-corrected chi connectivity index (χ1v) is 9.99. The number of hydrogen-bond donors (Lipinski definition) is 1. The summed E-state index contributed by atoms with van der Waals surface area (Å²) in [5.74, 6) is -1.96. The van der Waals surface area contributed by atoms with Gasteiger partial charge < -0.3 is 19.4 Å². The standard InChI is InChI=1S/C21H22N2O7/c1-28-12-4-3-9(7-13(12)29-2)5-6-23-19(24)14-10-8-11(15(14)20(23)25)18-16(10)17(21(26)27)22-30-18/h3-4,7,10-11,14-16,18H,5-6,8H2,1-2H3,(H,26,27)/t10-,11+,14-,15+,16+,18-/m0/s1. The van der Waals surface area contributed by atoms with Crippen molar-refractivity contribution in [2.75, 3.05) is 20.8 Å². The van der Waals surface area contributed by atoms with E-state index in [1.54, 1.807) is 20.3 Å². The summed E-state index contributed by atoms with van der Waals surface area (Å²) in [6, 6.07) is 5.51. The predicted octanol–water partition coefficient (Wildman–Crippen LogP) is 0.953. The molecule has 2 saturated carbocycles. The minimum Gasteiger partial charge on any atom is -0.493 e. The highest BCUT2D eigenvalue weighted by Crippen LogP contribution is 2.61. The van der Waals surface area contributed by atoms with Gasteiger partial charge in [0.15, 0.2) is 17.2 Å². The Morgan fingerprint density at radius 2 is 1.83 bits per heavy atom. The molecule has 2 amide bonds. The second-order valence-corrected chi connectivity index (χ2v) is 8.26. The Morgan fingerprint density at radius 3 is 2.50 bits per heavy atom. The van der Waals surface area contributed by atoms with Crippen molar-refractivity contribution in [1.82, 2.24) is 4.90 Å². The number of nitrogens with zero attached hydrogens (tertiary/aromatic N) is 2. The van der Waals surface area contributed by atoms with Gasteiger partial charge in [0.25, 0.3) is 0 Å². The van der Waals surface area contributed by atoms with Crippen LogP contribution in [0, 0.1) is 29.6 Å².